The monoisotopic (exact) mass is 237 g/mol. The third-order valence-electron chi connectivity index (χ3n) is 1.49. The number of benzene rings is 1. The molecule has 0 heterocycles. The lowest BCUT2D eigenvalue weighted by Crippen LogP contribution is -2.03. The average molecular weight is 239 g/mol. The highest BCUT2D eigenvalue weighted by atomic mass is 35.5. The van der Waals surface area contributed by atoms with E-state index < -0.39 is 0 Å². The molecule has 0 unspecified atom stereocenters. The molecule has 1 aromatic rings. The fraction of sp³-hybridized carbons (Fsp3) is 0.125. The SMILES string of the molecule is Nc1cc(Cl)cc(C(=O)CCl)c1Cl. The predicted octanol–water partition coefficient (Wildman–Crippen LogP) is 3.00. The number of alkyl halides is 1. The first-order valence-electron chi connectivity index (χ1n) is 3.40. The van der Waals surface area contributed by atoms with E-state index in [0.29, 0.717) is 5.02 Å². The first-order chi connectivity index (χ1) is 6.06. The van der Waals surface area contributed by atoms with Crippen LogP contribution in [0.2, 0.25) is 10.0 Å². The summed E-state index contributed by atoms with van der Waals surface area (Å²) >= 11 is 16.8. The predicted molar refractivity (Wildman–Crippen MR) is 55.9 cm³/mol. The van der Waals surface area contributed by atoms with Gasteiger partial charge in [0, 0.05) is 10.6 Å². The maximum Gasteiger partial charge on any atom is 0.179 e. The van der Waals surface area contributed by atoms with Crippen LogP contribution in [0.1, 0.15) is 10.4 Å². The smallest absolute Gasteiger partial charge is 0.179 e. The number of halogens is 3. The van der Waals surface area contributed by atoms with Crippen LogP contribution in [0.4, 0.5) is 5.69 Å². The molecule has 1 rings (SSSR count). The standard InChI is InChI=1S/C8H6Cl3NO/c9-3-7(13)5-1-4(10)2-6(12)8(5)11/h1-2H,3,12H2. The van der Waals surface area contributed by atoms with Gasteiger partial charge in [0.25, 0.3) is 0 Å². The van der Waals surface area contributed by atoms with Crippen molar-refractivity contribution in [2.45, 2.75) is 0 Å². The molecule has 0 amide bonds. The third-order valence-corrected chi connectivity index (χ3v) is 2.37. The molecule has 13 heavy (non-hydrogen) atoms. The van der Waals surface area contributed by atoms with E-state index in [9.17, 15) is 4.79 Å². The summed E-state index contributed by atoms with van der Waals surface area (Å²) in [5.41, 5.74) is 6.05. The second-order valence-corrected chi connectivity index (χ2v) is 3.50. The molecule has 1 aromatic carbocycles. The van der Waals surface area contributed by atoms with Crippen LogP contribution in [0, 0.1) is 0 Å². The summed E-state index contributed by atoms with van der Waals surface area (Å²) in [4.78, 5) is 11.2. The Morgan fingerprint density at radius 1 is 1.38 bits per heavy atom. The molecule has 2 N–H and O–H groups in total. The minimum Gasteiger partial charge on any atom is -0.397 e. The van der Waals surface area contributed by atoms with E-state index in [4.69, 9.17) is 40.5 Å². The van der Waals surface area contributed by atoms with E-state index in [-0.39, 0.29) is 27.9 Å². The summed E-state index contributed by atoms with van der Waals surface area (Å²) in [7, 11) is 0. The van der Waals surface area contributed by atoms with E-state index in [1.165, 1.54) is 12.1 Å². The first-order valence-corrected chi connectivity index (χ1v) is 4.69. The van der Waals surface area contributed by atoms with E-state index in [0.717, 1.165) is 0 Å². The average Bonchev–Trinajstić information content (AvgIpc) is 2.10. The van der Waals surface area contributed by atoms with Crippen LogP contribution in [-0.2, 0) is 0 Å². The zero-order valence-electron chi connectivity index (χ0n) is 6.48. The van der Waals surface area contributed by atoms with Gasteiger partial charge in [0.1, 0.15) is 0 Å². The lowest BCUT2D eigenvalue weighted by atomic mass is 10.1. The number of anilines is 1. The number of nitrogens with two attached hydrogens (primary N) is 1. The van der Waals surface area contributed by atoms with Gasteiger partial charge in [-0.05, 0) is 12.1 Å². The van der Waals surface area contributed by atoms with E-state index >= 15 is 0 Å². The quantitative estimate of drug-likeness (QED) is 0.489. The van der Waals surface area contributed by atoms with Crippen molar-refractivity contribution in [3.8, 4) is 0 Å². The summed E-state index contributed by atoms with van der Waals surface area (Å²) in [5, 5.41) is 0.574. The number of Topliss-reactive ketones (excluding diaryl/α,β-unsaturated/α-hetero) is 1. The van der Waals surface area contributed by atoms with Crippen LogP contribution in [0.5, 0.6) is 0 Å². The highest BCUT2D eigenvalue weighted by Crippen LogP contribution is 2.28. The summed E-state index contributed by atoms with van der Waals surface area (Å²) in [6.07, 6.45) is 0. The van der Waals surface area contributed by atoms with Crippen molar-refractivity contribution in [3.05, 3.63) is 27.7 Å². The topological polar surface area (TPSA) is 43.1 Å². The summed E-state index contributed by atoms with van der Waals surface area (Å²) in [6, 6.07) is 2.93. The molecule has 0 aromatic heterocycles. The Labute approximate surface area is 90.6 Å². The summed E-state index contributed by atoms with van der Waals surface area (Å²) < 4.78 is 0. The molecule has 0 saturated carbocycles. The molecule has 0 atom stereocenters. The zero-order chi connectivity index (χ0) is 10.0. The molecule has 0 aliphatic carbocycles. The Hall–Kier alpha value is -0.440. The number of carbonyl (C=O) groups is 1. The molecule has 0 aliphatic rings. The number of hydrogen-bond acceptors (Lipinski definition) is 2. The minimum atomic E-state index is -0.291. The van der Waals surface area contributed by atoms with Gasteiger partial charge < -0.3 is 5.73 Å². The molecule has 0 fully saturated rings. The van der Waals surface area contributed by atoms with Gasteiger partial charge in [0.05, 0.1) is 16.6 Å². The largest absolute Gasteiger partial charge is 0.397 e. The van der Waals surface area contributed by atoms with Crippen LogP contribution in [-0.4, -0.2) is 11.7 Å². The number of nitrogen functional groups attached to an aromatic ring is 1. The van der Waals surface area contributed by atoms with Gasteiger partial charge in [-0.2, -0.15) is 0 Å². The molecule has 0 bridgehead atoms. The zero-order valence-corrected chi connectivity index (χ0v) is 8.75. The molecule has 70 valence electrons. The molecular formula is C8H6Cl3NO. The molecule has 0 spiro atoms. The molecule has 2 nitrogen and oxygen atoms in total. The number of ketones is 1. The van der Waals surface area contributed by atoms with Crippen LogP contribution < -0.4 is 5.73 Å². The Kier molecular flexibility index (Phi) is 3.42. The minimum absolute atomic E-state index is 0.139. The van der Waals surface area contributed by atoms with Gasteiger partial charge in [-0.3, -0.25) is 4.79 Å². The number of carbonyl (C=O) groups excluding carboxylic acids is 1. The van der Waals surface area contributed by atoms with Gasteiger partial charge in [-0.1, -0.05) is 23.2 Å². The lowest BCUT2D eigenvalue weighted by molar-refractivity contribution is 0.102. The van der Waals surface area contributed by atoms with E-state index in [1.54, 1.807) is 0 Å². The Bertz CT molecular complexity index is 351. The number of rotatable bonds is 2. The van der Waals surface area contributed by atoms with Gasteiger partial charge in [-0.15, -0.1) is 11.6 Å². The summed E-state index contributed by atoms with van der Waals surface area (Å²) in [5.74, 6) is -0.430. The molecule has 0 aliphatic heterocycles. The maximum atomic E-state index is 11.2. The van der Waals surface area contributed by atoms with Gasteiger partial charge in [-0.25, -0.2) is 0 Å². The maximum absolute atomic E-state index is 11.2. The molecule has 5 heteroatoms. The fourth-order valence-electron chi connectivity index (χ4n) is 0.885. The van der Waals surface area contributed by atoms with Gasteiger partial charge >= 0.3 is 0 Å². The summed E-state index contributed by atoms with van der Waals surface area (Å²) in [6.45, 7) is 0. The van der Waals surface area contributed by atoms with Gasteiger partial charge in [0.15, 0.2) is 5.78 Å². The van der Waals surface area contributed by atoms with Crippen LogP contribution in [0.3, 0.4) is 0 Å². The lowest BCUT2D eigenvalue weighted by Gasteiger charge is -2.04. The fourth-order valence-corrected chi connectivity index (χ4v) is 1.47. The normalized spacial score (nSPS) is 10.1. The van der Waals surface area contributed by atoms with Gasteiger partial charge in [0.2, 0.25) is 0 Å². The van der Waals surface area contributed by atoms with Crippen molar-refractivity contribution >= 4 is 46.3 Å². The second-order valence-electron chi connectivity index (χ2n) is 2.41. The Morgan fingerprint density at radius 2 is 2.00 bits per heavy atom. The van der Waals surface area contributed by atoms with Crippen LogP contribution in [0.25, 0.3) is 0 Å². The Balaban J connectivity index is 3.28. The van der Waals surface area contributed by atoms with Crippen molar-refractivity contribution in [1.82, 2.24) is 0 Å². The molecule has 0 radical (unpaired) electrons. The van der Waals surface area contributed by atoms with E-state index in [1.807, 2.05) is 0 Å². The highest BCUT2D eigenvalue weighted by Gasteiger charge is 2.12. The van der Waals surface area contributed by atoms with Crippen molar-refractivity contribution < 1.29 is 4.79 Å². The first kappa shape index (κ1) is 10.6. The number of hydrogen-bond donors (Lipinski definition) is 1. The second kappa shape index (κ2) is 4.18. The molecule has 0 saturated heterocycles. The Morgan fingerprint density at radius 3 is 2.54 bits per heavy atom. The third kappa shape index (κ3) is 2.27. The van der Waals surface area contributed by atoms with E-state index in [2.05, 4.69) is 0 Å². The molecular weight excluding hydrogens is 232 g/mol. The van der Waals surface area contributed by atoms with Crippen molar-refractivity contribution in [2.75, 3.05) is 11.6 Å². The van der Waals surface area contributed by atoms with Crippen molar-refractivity contribution in [1.29, 1.82) is 0 Å². The van der Waals surface area contributed by atoms with Crippen LogP contribution in [0.15, 0.2) is 12.1 Å². The van der Waals surface area contributed by atoms with Crippen LogP contribution >= 0.6 is 34.8 Å². The van der Waals surface area contributed by atoms with Crippen molar-refractivity contribution in [2.24, 2.45) is 0 Å². The highest BCUT2D eigenvalue weighted by molar-refractivity contribution is 6.40. The van der Waals surface area contributed by atoms with Crippen molar-refractivity contribution in [3.63, 3.8) is 0 Å².